The molecule has 1 amide bonds. The summed E-state index contributed by atoms with van der Waals surface area (Å²) in [5.41, 5.74) is 2.54. The third kappa shape index (κ3) is 3.59. The lowest BCUT2D eigenvalue weighted by Gasteiger charge is -2.20. The first-order chi connectivity index (χ1) is 14.7. The van der Waals surface area contributed by atoms with Crippen LogP contribution >= 0.6 is 11.3 Å². The van der Waals surface area contributed by atoms with Crippen molar-refractivity contribution in [2.24, 2.45) is 5.92 Å². The molecule has 3 aromatic rings. The average molecular weight is 421 g/mol. The number of nitrogens with zero attached hydrogens (tertiary/aromatic N) is 2. The highest BCUT2D eigenvalue weighted by molar-refractivity contribution is 7.18. The van der Waals surface area contributed by atoms with Crippen LogP contribution in [-0.2, 0) is 4.74 Å². The zero-order chi connectivity index (χ0) is 20.5. The van der Waals surface area contributed by atoms with E-state index in [1.54, 1.807) is 12.1 Å². The largest absolute Gasteiger partial charge is 0.446 e. The maximum absolute atomic E-state index is 13.2. The van der Waals surface area contributed by atoms with E-state index in [0.29, 0.717) is 53.0 Å². The number of hydrogen-bond donors (Lipinski definition) is 1. The lowest BCUT2D eigenvalue weighted by molar-refractivity contribution is 0.0547. The van der Waals surface area contributed by atoms with Gasteiger partial charge in [0.1, 0.15) is 0 Å². The fourth-order valence-electron chi connectivity index (χ4n) is 3.68. The van der Waals surface area contributed by atoms with Crippen molar-refractivity contribution in [1.82, 2.24) is 9.97 Å². The Bertz CT molecular complexity index is 1180. The summed E-state index contributed by atoms with van der Waals surface area (Å²) in [6.07, 6.45) is 11.1. The van der Waals surface area contributed by atoms with Gasteiger partial charge in [-0.05, 0) is 37.0 Å². The molecule has 8 heteroatoms. The first-order valence-electron chi connectivity index (χ1n) is 9.82. The Morgan fingerprint density at radius 2 is 2.10 bits per heavy atom. The number of ether oxygens (including phenoxy) is 1. The van der Waals surface area contributed by atoms with E-state index in [1.165, 1.54) is 23.8 Å². The molecule has 0 bridgehead atoms. The van der Waals surface area contributed by atoms with E-state index in [9.17, 15) is 9.59 Å². The van der Waals surface area contributed by atoms with Gasteiger partial charge in [-0.15, -0.1) is 0 Å². The van der Waals surface area contributed by atoms with Crippen molar-refractivity contribution in [2.75, 3.05) is 18.5 Å². The Morgan fingerprint density at radius 3 is 2.90 bits per heavy atom. The van der Waals surface area contributed by atoms with Crippen molar-refractivity contribution in [1.29, 1.82) is 0 Å². The van der Waals surface area contributed by atoms with Crippen LogP contribution in [0.2, 0.25) is 0 Å². The molecule has 5 rings (SSSR count). The number of thiazole rings is 1. The molecular formula is C22H19N3O4S. The van der Waals surface area contributed by atoms with E-state index in [-0.39, 0.29) is 17.6 Å². The van der Waals surface area contributed by atoms with Gasteiger partial charge in [0.15, 0.2) is 10.9 Å². The second-order valence-electron chi connectivity index (χ2n) is 7.26. The molecule has 7 nitrogen and oxygen atoms in total. The summed E-state index contributed by atoms with van der Waals surface area (Å²) in [5, 5.41) is 3.99. The Hall–Kier alpha value is -3.10. The van der Waals surface area contributed by atoms with Gasteiger partial charge in [-0.2, -0.15) is 0 Å². The summed E-state index contributed by atoms with van der Waals surface area (Å²) < 4.78 is 10.6. The van der Waals surface area contributed by atoms with E-state index in [0.717, 1.165) is 17.4 Å². The molecule has 4 heterocycles. The number of hydrogen-bond acceptors (Lipinski definition) is 7. The van der Waals surface area contributed by atoms with E-state index in [1.807, 2.05) is 18.2 Å². The van der Waals surface area contributed by atoms with Gasteiger partial charge < -0.3 is 9.15 Å². The van der Waals surface area contributed by atoms with Crippen molar-refractivity contribution in [2.45, 2.75) is 19.3 Å². The molecule has 0 saturated carbocycles. The molecular weight excluding hydrogens is 402 g/mol. The zero-order valence-electron chi connectivity index (χ0n) is 16.1. The third-order valence-corrected chi connectivity index (χ3v) is 6.29. The number of carbonyl (C=O) groups is 2. The van der Waals surface area contributed by atoms with Gasteiger partial charge in [0.05, 0.1) is 22.4 Å². The van der Waals surface area contributed by atoms with Crippen molar-refractivity contribution >= 4 is 44.8 Å². The zero-order valence-corrected chi connectivity index (χ0v) is 16.9. The predicted octanol–water partition coefficient (Wildman–Crippen LogP) is 4.49. The molecule has 0 aromatic carbocycles. The summed E-state index contributed by atoms with van der Waals surface area (Å²) in [6, 6.07) is 3.47. The normalized spacial score (nSPS) is 16.7. The molecule has 0 unspecified atom stereocenters. The number of carbonyl (C=O) groups excluding carboxylic acids is 2. The first-order valence-corrected chi connectivity index (χ1v) is 10.6. The van der Waals surface area contributed by atoms with Crippen LogP contribution in [0.5, 0.6) is 0 Å². The number of allylic oxidation sites excluding steroid dienone is 4. The number of furan rings is 1. The van der Waals surface area contributed by atoms with Crippen LogP contribution in [-0.4, -0.2) is 34.9 Å². The van der Waals surface area contributed by atoms with Crippen LogP contribution in [0.1, 0.15) is 45.0 Å². The van der Waals surface area contributed by atoms with Gasteiger partial charge >= 0.3 is 0 Å². The monoisotopic (exact) mass is 421 g/mol. The maximum atomic E-state index is 13.2. The number of aromatic nitrogens is 2. The maximum Gasteiger partial charge on any atom is 0.259 e. The SMILES string of the molecule is O=C(Nc1nc(C2=CC=CC2)c(C(=O)C2CCOCC2)s1)c1cnc2occc2c1. The Morgan fingerprint density at radius 1 is 1.23 bits per heavy atom. The number of ketones is 1. The topological polar surface area (TPSA) is 94.3 Å². The van der Waals surface area contributed by atoms with Crippen LogP contribution in [0, 0.1) is 5.92 Å². The molecule has 1 N–H and O–H groups in total. The lowest BCUT2D eigenvalue weighted by atomic mass is 9.93. The number of rotatable bonds is 5. The van der Waals surface area contributed by atoms with Crippen LogP contribution < -0.4 is 5.32 Å². The standard InChI is InChI=1S/C22H19N3O4S/c26-18(14-5-8-28-9-6-14)19-17(13-3-1-2-4-13)24-22(30-19)25-20(27)16-11-15-7-10-29-21(15)23-12-16/h1-3,7,10-12,14H,4-6,8-9H2,(H,24,25,27). The molecule has 1 fully saturated rings. The molecule has 0 radical (unpaired) electrons. The second kappa shape index (κ2) is 7.97. The van der Waals surface area contributed by atoms with Gasteiger partial charge in [0, 0.05) is 30.7 Å². The summed E-state index contributed by atoms with van der Waals surface area (Å²) in [6.45, 7) is 1.20. The van der Waals surface area contributed by atoms with Gasteiger partial charge in [-0.3, -0.25) is 14.9 Å². The average Bonchev–Trinajstić information content (AvgIpc) is 3.53. The minimum absolute atomic E-state index is 0.0656. The van der Waals surface area contributed by atoms with Crippen LogP contribution in [0.25, 0.3) is 16.7 Å². The number of pyridine rings is 1. The Balaban J connectivity index is 1.43. The predicted molar refractivity (Wildman–Crippen MR) is 114 cm³/mol. The summed E-state index contributed by atoms with van der Waals surface area (Å²) in [7, 11) is 0. The van der Waals surface area contributed by atoms with E-state index in [2.05, 4.69) is 15.3 Å². The van der Waals surface area contributed by atoms with Gasteiger partial charge in [0.25, 0.3) is 5.91 Å². The number of fused-ring (bicyclic) bond motifs is 1. The fourth-order valence-corrected chi connectivity index (χ4v) is 4.69. The van der Waals surface area contributed by atoms with Gasteiger partial charge in [-0.1, -0.05) is 29.6 Å². The number of Topliss-reactive ketones (excluding diaryl/α,β-unsaturated/α-hetero) is 1. The smallest absolute Gasteiger partial charge is 0.259 e. The van der Waals surface area contributed by atoms with Crippen molar-refractivity contribution in [3.05, 3.63) is 59.0 Å². The highest BCUT2D eigenvalue weighted by Crippen LogP contribution is 2.35. The summed E-state index contributed by atoms with van der Waals surface area (Å²) in [5.74, 6) is -0.306. The molecule has 0 atom stereocenters. The molecule has 2 aliphatic rings. The van der Waals surface area contributed by atoms with Crippen LogP contribution in [0.3, 0.4) is 0 Å². The lowest BCUT2D eigenvalue weighted by Crippen LogP contribution is -2.23. The molecule has 152 valence electrons. The highest BCUT2D eigenvalue weighted by atomic mass is 32.1. The molecule has 1 aliphatic carbocycles. The van der Waals surface area contributed by atoms with Crippen molar-refractivity contribution in [3.63, 3.8) is 0 Å². The molecule has 1 saturated heterocycles. The second-order valence-corrected chi connectivity index (χ2v) is 8.26. The van der Waals surface area contributed by atoms with E-state index >= 15 is 0 Å². The van der Waals surface area contributed by atoms with Crippen molar-refractivity contribution < 1.29 is 18.7 Å². The van der Waals surface area contributed by atoms with E-state index in [4.69, 9.17) is 9.15 Å². The summed E-state index contributed by atoms with van der Waals surface area (Å²) >= 11 is 1.24. The van der Waals surface area contributed by atoms with E-state index < -0.39 is 0 Å². The summed E-state index contributed by atoms with van der Waals surface area (Å²) in [4.78, 5) is 35.3. The number of amides is 1. The molecule has 30 heavy (non-hydrogen) atoms. The van der Waals surface area contributed by atoms with Crippen LogP contribution in [0.4, 0.5) is 5.13 Å². The Labute approximate surface area is 176 Å². The minimum atomic E-state index is -0.325. The molecule has 1 aliphatic heterocycles. The number of nitrogens with one attached hydrogen (secondary N) is 1. The molecule has 0 spiro atoms. The van der Waals surface area contributed by atoms with Gasteiger partial charge in [-0.25, -0.2) is 9.97 Å². The third-order valence-electron chi connectivity index (χ3n) is 5.31. The Kier molecular flexibility index (Phi) is 5.02. The highest BCUT2D eigenvalue weighted by Gasteiger charge is 2.29. The van der Waals surface area contributed by atoms with Crippen LogP contribution in [0.15, 0.2) is 47.2 Å². The van der Waals surface area contributed by atoms with Gasteiger partial charge in [0.2, 0.25) is 5.71 Å². The van der Waals surface area contributed by atoms with Crippen molar-refractivity contribution in [3.8, 4) is 0 Å². The first kappa shape index (κ1) is 18.9. The fraction of sp³-hybridized carbons (Fsp3) is 0.273. The quantitative estimate of drug-likeness (QED) is 0.610. The number of anilines is 1. The minimum Gasteiger partial charge on any atom is -0.446 e. The molecule has 3 aromatic heterocycles.